The van der Waals surface area contributed by atoms with Crippen LogP contribution >= 0.6 is 11.3 Å². The first-order valence-corrected chi connectivity index (χ1v) is 12.9. The van der Waals surface area contributed by atoms with Crippen LogP contribution in [0.25, 0.3) is 38.5 Å². The summed E-state index contributed by atoms with van der Waals surface area (Å²) < 4.78 is 2.78. The van der Waals surface area contributed by atoms with Crippen LogP contribution in [0.5, 0.6) is 0 Å². The lowest BCUT2D eigenvalue weighted by molar-refractivity contribution is 1.11. The van der Waals surface area contributed by atoms with Gasteiger partial charge in [0.25, 0.3) is 5.56 Å². The van der Waals surface area contributed by atoms with E-state index in [2.05, 4.69) is 0 Å². The summed E-state index contributed by atoms with van der Waals surface area (Å²) in [5.74, 6) is 0. The Morgan fingerprint density at radius 3 is 1.91 bits per heavy atom. The topological polar surface area (TPSA) is 34.4 Å². The molecule has 2 heterocycles. The molecule has 0 fully saturated rings. The molecule has 2 aromatic heterocycles. The van der Waals surface area contributed by atoms with E-state index in [0.29, 0.717) is 16.2 Å². The maximum Gasteiger partial charge on any atom is 0.267 e. The Morgan fingerprint density at radius 2 is 1.26 bits per heavy atom. The van der Waals surface area contributed by atoms with Crippen molar-refractivity contribution in [2.45, 2.75) is 41.5 Å². The van der Waals surface area contributed by atoms with Crippen molar-refractivity contribution in [2.24, 2.45) is 0 Å². The highest BCUT2D eigenvalue weighted by atomic mass is 32.1. The summed E-state index contributed by atoms with van der Waals surface area (Å²) in [6.45, 7) is 12.0. The smallest absolute Gasteiger partial charge is 0.267 e. The zero-order valence-corrected chi connectivity index (χ0v) is 21.8. The molecular weight excluding hydrogens is 436 g/mol. The molecule has 0 amide bonds. The molecule has 3 nitrogen and oxygen atoms in total. The fourth-order valence-electron chi connectivity index (χ4n) is 3.36. The number of fused-ring (bicyclic) bond motifs is 3. The van der Waals surface area contributed by atoms with Crippen molar-refractivity contribution in [1.29, 1.82) is 0 Å². The van der Waals surface area contributed by atoms with Gasteiger partial charge in [0, 0.05) is 0 Å². The summed E-state index contributed by atoms with van der Waals surface area (Å²) in [7, 11) is 0. The van der Waals surface area contributed by atoms with Crippen LogP contribution in [0.4, 0.5) is 0 Å². The van der Waals surface area contributed by atoms with Crippen LogP contribution in [-0.4, -0.2) is 9.38 Å². The Labute approximate surface area is 207 Å². The second kappa shape index (κ2) is 13.9. The summed E-state index contributed by atoms with van der Waals surface area (Å²) in [5.41, 5.74) is 4.11. The molecule has 34 heavy (non-hydrogen) atoms. The van der Waals surface area contributed by atoms with Gasteiger partial charge in [0.15, 0.2) is 4.96 Å². The molecular formula is C30H34N2OS. The quantitative estimate of drug-likeness (QED) is 0.264. The van der Waals surface area contributed by atoms with E-state index >= 15 is 0 Å². The van der Waals surface area contributed by atoms with Gasteiger partial charge >= 0.3 is 0 Å². The van der Waals surface area contributed by atoms with Crippen LogP contribution < -0.4 is 5.56 Å². The van der Waals surface area contributed by atoms with E-state index in [1.54, 1.807) is 4.40 Å². The molecule has 0 saturated carbocycles. The molecule has 0 radical (unpaired) electrons. The number of thiazole rings is 1. The molecule has 0 saturated heterocycles. The number of aromatic nitrogens is 2. The zero-order valence-electron chi connectivity index (χ0n) is 20.9. The molecule has 0 spiro atoms. The second-order valence-electron chi connectivity index (χ2n) is 6.48. The van der Waals surface area contributed by atoms with Gasteiger partial charge in [-0.05, 0) is 29.3 Å². The summed E-state index contributed by atoms with van der Waals surface area (Å²) in [6.07, 6.45) is 3.93. The predicted octanol–water partition coefficient (Wildman–Crippen LogP) is 8.83. The van der Waals surface area contributed by atoms with Gasteiger partial charge in [0.1, 0.15) is 0 Å². The number of rotatable bonds is 3. The van der Waals surface area contributed by atoms with E-state index in [-0.39, 0.29) is 5.56 Å². The lowest BCUT2D eigenvalue weighted by Gasteiger charge is -2.07. The molecule has 0 N–H and O–H groups in total. The van der Waals surface area contributed by atoms with Gasteiger partial charge in [0.05, 0.1) is 21.5 Å². The minimum Gasteiger partial charge on any atom is -0.268 e. The lowest BCUT2D eigenvalue weighted by atomic mass is 10.0. The Hall–Kier alpha value is -3.50. The molecule has 5 rings (SSSR count). The van der Waals surface area contributed by atoms with Crippen molar-refractivity contribution in [3.63, 3.8) is 0 Å². The predicted molar refractivity (Wildman–Crippen MR) is 152 cm³/mol. The average Bonchev–Trinajstić information content (AvgIpc) is 3.31. The number of hydrogen-bond acceptors (Lipinski definition) is 3. The highest BCUT2D eigenvalue weighted by Crippen LogP contribution is 2.27. The van der Waals surface area contributed by atoms with Crippen LogP contribution in [-0.2, 0) is 0 Å². The third-order valence-corrected chi connectivity index (χ3v) is 5.71. The van der Waals surface area contributed by atoms with Gasteiger partial charge < -0.3 is 0 Å². The molecule has 0 unspecified atom stereocenters. The molecule has 0 bridgehead atoms. The fraction of sp³-hybridized carbons (Fsp3) is 0.200. The molecule has 0 aliphatic carbocycles. The van der Waals surface area contributed by atoms with Gasteiger partial charge in [-0.15, -0.1) is 0 Å². The third-order valence-electron chi connectivity index (χ3n) is 4.68. The monoisotopic (exact) mass is 470 g/mol. The zero-order chi connectivity index (χ0) is 24.9. The summed E-state index contributed by atoms with van der Waals surface area (Å²) in [5, 5.41) is 0. The minimum absolute atomic E-state index is 0.0404. The molecule has 0 aliphatic heterocycles. The van der Waals surface area contributed by atoms with E-state index in [1.807, 2.05) is 139 Å². The normalized spacial score (nSPS) is 10.1. The first-order valence-electron chi connectivity index (χ1n) is 12.0. The molecule has 176 valence electrons. The van der Waals surface area contributed by atoms with Crippen molar-refractivity contribution >= 4 is 38.7 Å². The van der Waals surface area contributed by atoms with E-state index in [9.17, 15) is 4.79 Å². The Morgan fingerprint density at radius 1 is 0.706 bits per heavy atom. The Bertz CT molecular complexity index is 1370. The van der Waals surface area contributed by atoms with Gasteiger partial charge in [-0.2, -0.15) is 0 Å². The van der Waals surface area contributed by atoms with Gasteiger partial charge in [-0.25, -0.2) is 4.98 Å². The molecule has 5 aromatic rings. The van der Waals surface area contributed by atoms with Gasteiger partial charge in [-0.3, -0.25) is 9.20 Å². The lowest BCUT2D eigenvalue weighted by Crippen LogP contribution is -2.17. The first kappa shape index (κ1) is 26.7. The van der Waals surface area contributed by atoms with Crippen LogP contribution in [0.3, 0.4) is 0 Å². The number of nitrogens with zero attached hydrogens (tertiary/aromatic N) is 2. The Kier molecular flexibility index (Phi) is 10.9. The maximum atomic E-state index is 13.5. The van der Waals surface area contributed by atoms with Gasteiger partial charge in [-0.1, -0.05) is 132 Å². The second-order valence-corrected chi connectivity index (χ2v) is 7.48. The molecule has 3 aromatic carbocycles. The average molecular weight is 471 g/mol. The van der Waals surface area contributed by atoms with E-state index in [1.165, 1.54) is 11.3 Å². The van der Waals surface area contributed by atoms with Gasteiger partial charge in [0.2, 0.25) is 0 Å². The SMILES string of the molecule is CC.CC.CC.O=c1c(-c2ccccc2)c(/C=C/c2ccccc2)nc2sc3ccccc3n12. The Balaban J connectivity index is 0.000000633. The summed E-state index contributed by atoms with van der Waals surface area (Å²) in [6, 6.07) is 27.7. The summed E-state index contributed by atoms with van der Waals surface area (Å²) in [4.78, 5) is 19.1. The van der Waals surface area contributed by atoms with Crippen LogP contribution in [0.2, 0.25) is 0 Å². The summed E-state index contributed by atoms with van der Waals surface area (Å²) >= 11 is 1.53. The van der Waals surface area contributed by atoms with Crippen LogP contribution in [0, 0.1) is 0 Å². The van der Waals surface area contributed by atoms with Crippen LogP contribution in [0.15, 0.2) is 89.7 Å². The standard InChI is InChI=1S/C24H16N2OS.3C2H6/c27-23-22(18-11-5-2-6-12-18)19(16-15-17-9-3-1-4-10-17)25-24-26(23)20-13-7-8-14-21(20)28-24;3*1-2/h1-16H;3*1-2H3/b16-15+;;;. The van der Waals surface area contributed by atoms with Crippen LogP contribution in [0.1, 0.15) is 52.8 Å². The highest BCUT2D eigenvalue weighted by molar-refractivity contribution is 7.23. The fourth-order valence-corrected chi connectivity index (χ4v) is 4.38. The molecule has 0 aliphatic rings. The van der Waals surface area contributed by atoms with Crippen molar-refractivity contribution in [2.75, 3.05) is 0 Å². The van der Waals surface area contributed by atoms with Crippen molar-refractivity contribution in [3.8, 4) is 11.1 Å². The van der Waals surface area contributed by atoms with Crippen molar-refractivity contribution < 1.29 is 0 Å². The minimum atomic E-state index is -0.0404. The van der Waals surface area contributed by atoms with E-state index in [0.717, 1.165) is 21.3 Å². The van der Waals surface area contributed by atoms with Crippen molar-refractivity contribution in [1.82, 2.24) is 9.38 Å². The maximum absolute atomic E-state index is 13.5. The first-order chi connectivity index (χ1) is 16.8. The third kappa shape index (κ3) is 5.89. The number of benzene rings is 3. The number of hydrogen-bond donors (Lipinski definition) is 0. The van der Waals surface area contributed by atoms with Crippen molar-refractivity contribution in [3.05, 3.63) is 107 Å². The van der Waals surface area contributed by atoms with E-state index in [4.69, 9.17) is 4.98 Å². The largest absolute Gasteiger partial charge is 0.268 e. The molecule has 4 heteroatoms. The number of para-hydroxylation sites is 1. The highest BCUT2D eigenvalue weighted by Gasteiger charge is 2.16. The molecule has 0 atom stereocenters. The van der Waals surface area contributed by atoms with E-state index < -0.39 is 0 Å².